The molecule has 3 rings (SSSR count). The Morgan fingerprint density at radius 1 is 1.24 bits per heavy atom. The van der Waals surface area contributed by atoms with Crippen LogP contribution in [0.25, 0.3) is 0 Å². The number of aromatic nitrogens is 4. The van der Waals surface area contributed by atoms with E-state index in [4.69, 9.17) is 11.6 Å². The summed E-state index contributed by atoms with van der Waals surface area (Å²) in [5, 5.41) is 6.33. The highest BCUT2D eigenvalue weighted by molar-refractivity contribution is 6.33. The molecule has 110 valence electrons. The number of nitrogens with one attached hydrogen (secondary N) is 1. The van der Waals surface area contributed by atoms with E-state index in [1.54, 1.807) is 12.4 Å². The molecule has 2 aromatic rings. The van der Waals surface area contributed by atoms with Crippen molar-refractivity contribution in [2.75, 3.05) is 36.0 Å². The fraction of sp³-hybridized carbons (Fsp3) is 0.385. The molecule has 0 aromatic carbocycles. The van der Waals surface area contributed by atoms with Crippen molar-refractivity contribution < 1.29 is 0 Å². The van der Waals surface area contributed by atoms with Gasteiger partial charge in [-0.15, -0.1) is 0 Å². The Bertz CT molecular complexity index is 695. The maximum absolute atomic E-state index is 11.5. The van der Waals surface area contributed by atoms with Crippen molar-refractivity contribution in [3.8, 4) is 0 Å². The Labute approximate surface area is 126 Å². The summed E-state index contributed by atoms with van der Waals surface area (Å²) in [6.07, 6.45) is 3.36. The fourth-order valence-electron chi connectivity index (χ4n) is 2.39. The van der Waals surface area contributed by atoms with E-state index < -0.39 is 0 Å². The first-order valence-corrected chi connectivity index (χ1v) is 7.05. The Balaban J connectivity index is 1.73. The number of anilines is 2. The second-order valence-corrected chi connectivity index (χ2v) is 5.21. The first-order chi connectivity index (χ1) is 10.1. The molecular formula is C13H15ClN6O. The third-order valence-electron chi connectivity index (χ3n) is 3.48. The summed E-state index contributed by atoms with van der Waals surface area (Å²) in [6.45, 7) is 5.00. The standard InChI is InChI=1S/C13H15ClN6O/c1-9-15-3-2-11(17-9)20-6-4-19(5-7-20)10-8-16-18-13(21)12(10)14/h2-3,8H,4-7H2,1H3,(H,18,21). The number of aromatic amines is 1. The van der Waals surface area contributed by atoms with Gasteiger partial charge in [-0.1, -0.05) is 11.6 Å². The van der Waals surface area contributed by atoms with Gasteiger partial charge in [-0.3, -0.25) is 4.79 Å². The first kappa shape index (κ1) is 13.8. The SMILES string of the molecule is Cc1nccc(N2CCN(c3cn[nH]c(=O)c3Cl)CC2)n1. The maximum Gasteiger partial charge on any atom is 0.285 e. The van der Waals surface area contributed by atoms with Gasteiger partial charge in [0.1, 0.15) is 16.7 Å². The van der Waals surface area contributed by atoms with Crippen LogP contribution < -0.4 is 15.4 Å². The van der Waals surface area contributed by atoms with E-state index in [2.05, 4.69) is 30.0 Å². The third kappa shape index (κ3) is 2.82. The van der Waals surface area contributed by atoms with Crippen LogP contribution in [0.4, 0.5) is 11.5 Å². The van der Waals surface area contributed by atoms with Crippen molar-refractivity contribution in [2.24, 2.45) is 0 Å². The van der Waals surface area contributed by atoms with Crippen LogP contribution in [0.3, 0.4) is 0 Å². The van der Waals surface area contributed by atoms with Crippen LogP contribution >= 0.6 is 11.6 Å². The molecule has 1 N–H and O–H groups in total. The van der Waals surface area contributed by atoms with E-state index in [1.807, 2.05) is 13.0 Å². The van der Waals surface area contributed by atoms with Crippen LogP contribution in [0, 0.1) is 6.92 Å². The smallest absolute Gasteiger partial charge is 0.285 e. The molecule has 0 spiro atoms. The zero-order valence-corrected chi connectivity index (χ0v) is 12.3. The number of hydrogen-bond donors (Lipinski definition) is 1. The van der Waals surface area contributed by atoms with Crippen LogP contribution in [0.5, 0.6) is 0 Å². The lowest BCUT2D eigenvalue weighted by molar-refractivity contribution is 0.643. The number of rotatable bonds is 2. The van der Waals surface area contributed by atoms with Crippen molar-refractivity contribution in [3.63, 3.8) is 0 Å². The number of halogens is 1. The lowest BCUT2D eigenvalue weighted by Gasteiger charge is -2.36. The van der Waals surface area contributed by atoms with Gasteiger partial charge in [0.15, 0.2) is 0 Å². The average Bonchev–Trinajstić information content (AvgIpc) is 2.50. The molecule has 0 radical (unpaired) electrons. The summed E-state index contributed by atoms with van der Waals surface area (Å²) in [4.78, 5) is 24.3. The molecule has 0 atom stereocenters. The predicted octanol–water partition coefficient (Wildman–Crippen LogP) is 0.848. The Morgan fingerprint density at radius 3 is 2.67 bits per heavy atom. The fourth-order valence-corrected chi connectivity index (χ4v) is 2.60. The minimum absolute atomic E-state index is 0.191. The zero-order valence-electron chi connectivity index (χ0n) is 11.6. The number of nitrogens with zero attached hydrogens (tertiary/aromatic N) is 5. The van der Waals surface area contributed by atoms with E-state index in [0.717, 1.165) is 37.8 Å². The summed E-state index contributed by atoms with van der Waals surface area (Å²) >= 11 is 6.04. The predicted molar refractivity (Wildman–Crippen MR) is 81.1 cm³/mol. The highest BCUT2D eigenvalue weighted by atomic mass is 35.5. The Kier molecular flexibility index (Phi) is 3.74. The number of aryl methyl sites for hydroxylation is 1. The Morgan fingerprint density at radius 2 is 1.95 bits per heavy atom. The van der Waals surface area contributed by atoms with E-state index in [0.29, 0.717) is 5.69 Å². The van der Waals surface area contributed by atoms with Gasteiger partial charge < -0.3 is 9.80 Å². The van der Waals surface area contributed by atoms with E-state index in [9.17, 15) is 4.79 Å². The third-order valence-corrected chi connectivity index (χ3v) is 3.85. The normalized spacial score (nSPS) is 15.3. The van der Waals surface area contributed by atoms with Gasteiger partial charge >= 0.3 is 0 Å². The molecule has 0 unspecified atom stereocenters. The molecule has 2 aromatic heterocycles. The molecule has 1 saturated heterocycles. The summed E-state index contributed by atoms with van der Waals surface area (Å²) in [5.74, 6) is 1.69. The monoisotopic (exact) mass is 306 g/mol. The van der Waals surface area contributed by atoms with Gasteiger partial charge in [-0.05, 0) is 13.0 Å². The van der Waals surface area contributed by atoms with Crippen molar-refractivity contribution in [1.82, 2.24) is 20.2 Å². The molecule has 0 amide bonds. The van der Waals surface area contributed by atoms with Gasteiger partial charge in [-0.25, -0.2) is 15.1 Å². The van der Waals surface area contributed by atoms with Crippen LogP contribution in [-0.4, -0.2) is 46.3 Å². The highest BCUT2D eigenvalue weighted by Crippen LogP contribution is 2.23. The molecule has 1 aliphatic heterocycles. The second kappa shape index (κ2) is 5.69. The molecule has 3 heterocycles. The van der Waals surface area contributed by atoms with Gasteiger partial charge in [0, 0.05) is 32.4 Å². The Hall–Kier alpha value is -2.15. The van der Waals surface area contributed by atoms with Crippen molar-refractivity contribution in [2.45, 2.75) is 6.92 Å². The average molecular weight is 307 g/mol. The van der Waals surface area contributed by atoms with Crippen LogP contribution in [0.15, 0.2) is 23.3 Å². The largest absolute Gasteiger partial charge is 0.365 e. The molecule has 7 nitrogen and oxygen atoms in total. The van der Waals surface area contributed by atoms with Crippen LogP contribution in [0.1, 0.15) is 5.82 Å². The molecule has 1 fully saturated rings. The quantitative estimate of drug-likeness (QED) is 0.886. The highest BCUT2D eigenvalue weighted by Gasteiger charge is 2.21. The second-order valence-electron chi connectivity index (χ2n) is 4.83. The van der Waals surface area contributed by atoms with E-state index >= 15 is 0 Å². The lowest BCUT2D eigenvalue weighted by Crippen LogP contribution is -2.47. The molecule has 0 aliphatic carbocycles. The zero-order chi connectivity index (χ0) is 14.8. The summed E-state index contributed by atoms with van der Waals surface area (Å²) in [5.41, 5.74) is 0.321. The minimum atomic E-state index is -0.358. The summed E-state index contributed by atoms with van der Waals surface area (Å²) in [7, 11) is 0. The van der Waals surface area contributed by atoms with Crippen molar-refractivity contribution >= 4 is 23.1 Å². The lowest BCUT2D eigenvalue weighted by atomic mass is 10.3. The molecule has 1 aliphatic rings. The summed E-state index contributed by atoms with van der Waals surface area (Å²) < 4.78 is 0. The van der Waals surface area contributed by atoms with Crippen molar-refractivity contribution in [1.29, 1.82) is 0 Å². The van der Waals surface area contributed by atoms with E-state index in [1.165, 1.54) is 0 Å². The number of H-pyrrole nitrogens is 1. The van der Waals surface area contributed by atoms with Gasteiger partial charge in [0.05, 0.1) is 11.9 Å². The number of piperazine rings is 1. The topological polar surface area (TPSA) is 78.0 Å². The minimum Gasteiger partial charge on any atom is -0.365 e. The molecule has 0 bridgehead atoms. The van der Waals surface area contributed by atoms with Gasteiger partial charge in [0.25, 0.3) is 5.56 Å². The molecule has 8 heteroatoms. The molecule has 0 saturated carbocycles. The molecule has 21 heavy (non-hydrogen) atoms. The van der Waals surface area contributed by atoms with Gasteiger partial charge in [0.2, 0.25) is 0 Å². The van der Waals surface area contributed by atoms with Crippen molar-refractivity contribution in [3.05, 3.63) is 39.7 Å². The van der Waals surface area contributed by atoms with Crippen LogP contribution in [-0.2, 0) is 0 Å². The van der Waals surface area contributed by atoms with E-state index in [-0.39, 0.29) is 10.6 Å². The number of hydrogen-bond acceptors (Lipinski definition) is 6. The van der Waals surface area contributed by atoms with Crippen LogP contribution in [0.2, 0.25) is 5.02 Å². The van der Waals surface area contributed by atoms with Gasteiger partial charge in [-0.2, -0.15) is 5.10 Å². The first-order valence-electron chi connectivity index (χ1n) is 6.68. The molecular weight excluding hydrogens is 292 g/mol. The summed E-state index contributed by atoms with van der Waals surface area (Å²) in [6, 6.07) is 1.91. The maximum atomic E-state index is 11.5.